The third-order valence-corrected chi connectivity index (χ3v) is 6.83. The average Bonchev–Trinajstić information content (AvgIpc) is 3.22. The zero-order valence-corrected chi connectivity index (χ0v) is 19.3. The van der Waals surface area contributed by atoms with Gasteiger partial charge in [-0.05, 0) is 41.0 Å². The SMILES string of the molecule is CS(=O)(=O)c1ccc(C(Cc2nn(C(=O)O)cc2-c2ccc(Cl)cc2)c2ccccc2)cc1. The van der Waals surface area contributed by atoms with Crippen molar-refractivity contribution < 1.29 is 18.3 Å². The first kappa shape index (κ1) is 22.8. The van der Waals surface area contributed by atoms with Crippen LogP contribution in [-0.2, 0) is 16.3 Å². The van der Waals surface area contributed by atoms with Gasteiger partial charge in [0, 0.05) is 35.4 Å². The number of carbonyl (C=O) groups is 1. The van der Waals surface area contributed by atoms with E-state index in [1.165, 1.54) is 12.5 Å². The van der Waals surface area contributed by atoms with Gasteiger partial charge >= 0.3 is 6.09 Å². The molecule has 1 heterocycles. The van der Waals surface area contributed by atoms with Crippen molar-refractivity contribution in [1.82, 2.24) is 9.78 Å². The van der Waals surface area contributed by atoms with Crippen LogP contribution >= 0.6 is 11.6 Å². The minimum atomic E-state index is -3.31. The van der Waals surface area contributed by atoms with Crippen molar-refractivity contribution >= 4 is 27.5 Å². The molecule has 0 aliphatic carbocycles. The van der Waals surface area contributed by atoms with Crippen LogP contribution < -0.4 is 0 Å². The third-order valence-electron chi connectivity index (χ3n) is 5.45. The highest BCUT2D eigenvalue weighted by Gasteiger charge is 2.22. The zero-order chi connectivity index (χ0) is 23.6. The van der Waals surface area contributed by atoms with Gasteiger partial charge in [0.25, 0.3) is 0 Å². The van der Waals surface area contributed by atoms with Crippen LogP contribution in [0.3, 0.4) is 0 Å². The number of rotatable bonds is 6. The molecule has 0 spiro atoms. The van der Waals surface area contributed by atoms with Crippen molar-refractivity contribution in [2.45, 2.75) is 17.2 Å². The average molecular weight is 481 g/mol. The predicted octanol–water partition coefficient (Wildman–Crippen LogP) is 5.51. The Morgan fingerprint density at radius 1 is 0.970 bits per heavy atom. The van der Waals surface area contributed by atoms with Crippen LogP contribution in [0.1, 0.15) is 22.7 Å². The molecule has 0 amide bonds. The van der Waals surface area contributed by atoms with E-state index in [1.807, 2.05) is 42.5 Å². The summed E-state index contributed by atoms with van der Waals surface area (Å²) >= 11 is 6.03. The molecule has 6 nitrogen and oxygen atoms in total. The molecular formula is C25H21ClN2O4S. The fraction of sp³-hybridized carbons (Fsp3) is 0.120. The monoisotopic (exact) mass is 480 g/mol. The smallest absolute Gasteiger partial charge is 0.432 e. The highest BCUT2D eigenvalue weighted by molar-refractivity contribution is 7.90. The molecule has 1 aromatic heterocycles. The van der Waals surface area contributed by atoms with E-state index < -0.39 is 15.9 Å². The summed E-state index contributed by atoms with van der Waals surface area (Å²) in [6.07, 6.45) is 1.91. The molecule has 1 atom stereocenters. The van der Waals surface area contributed by atoms with Gasteiger partial charge in [0.15, 0.2) is 9.84 Å². The lowest BCUT2D eigenvalue weighted by Crippen LogP contribution is -2.10. The summed E-state index contributed by atoms with van der Waals surface area (Å²) in [5, 5.41) is 14.4. The summed E-state index contributed by atoms with van der Waals surface area (Å²) in [6, 6.07) is 23.7. The Hall–Kier alpha value is -3.42. The minimum Gasteiger partial charge on any atom is -0.463 e. The molecule has 8 heteroatoms. The zero-order valence-electron chi connectivity index (χ0n) is 17.7. The van der Waals surface area contributed by atoms with Crippen LogP contribution in [0.25, 0.3) is 11.1 Å². The number of carboxylic acid groups (broad SMARTS) is 1. The Morgan fingerprint density at radius 3 is 2.15 bits per heavy atom. The molecule has 4 rings (SSSR count). The summed E-state index contributed by atoms with van der Waals surface area (Å²) in [7, 11) is -3.31. The van der Waals surface area contributed by atoms with Crippen LogP contribution in [0.5, 0.6) is 0 Å². The molecule has 168 valence electrons. The van der Waals surface area contributed by atoms with E-state index in [-0.39, 0.29) is 10.8 Å². The van der Waals surface area contributed by atoms with Crippen molar-refractivity contribution in [3.8, 4) is 11.1 Å². The number of nitrogens with zero attached hydrogens (tertiary/aromatic N) is 2. The van der Waals surface area contributed by atoms with Crippen LogP contribution in [0.2, 0.25) is 5.02 Å². The predicted molar refractivity (Wildman–Crippen MR) is 128 cm³/mol. The number of benzene rings is 3. The van der Waals surface area contributed by atoms with Crippen molar-refractivity contribution in [2.24, 2.45) is 0 Å². The Balaban J connectivity index is 1.80. The number of halogens is 1. The highest BCUT2D eigenvalue weighted by atomic mass is 35.5. The Kier molecular flexibility index (Phi) is 6.35. The fourth-order valence-corrected chi connectivity index (χ4v) is 4.54. The first-order valence-corrected chi connectivity index (χ1v) is 12.4. The topological polar surface area (TPSA) is 89.3 Å². The van der Waals surface area contributed by atoms with Gasteiger partial charge in [0.2, 0.25) is 0 Å². The maximum absolute atomic E-state index is 11.9. The molecule has 0 fully saturated rings. The number of sulfone groups is 1. The van der Waals surface area contributed by atoms with Gasteiger partial charge < -0.3 is 5.11 Å². The molecule has 0 bridgehead atoms. The lowest BCUT2D eigenvalue weighted by Gasteiger charge is -2.18. The molecule has 33 heavy (non-hydrogen) atoms. The summed E-state index contributed by atoms with van der Waals surface area (Å²) in [4.78, 5) is 11.9. The largest absolute Gasteiger partial charge is 0.463 e. The van der Waals surface area contributed by atoms with E-state index in [1.54, 1.807) is 36.4 Å². The fourth-order valence-electron chi connectivity index (χ4n) is 3.78. The quantitative estimate of drug-likeness (QED) is 0.393. The second kappa shape index (κ2) is 9.21. The van der Waals surface area contributed by atoms with E-state index in [0.29, 0.717) is 22.7 Å². The third kappa shape index (κ3) is 5.16. The Labute approximate surface area is 197 Å². The molecule has 0 radical (unpaired) electrons. The first-order valence-electron chi connectivity index (χ1n) is 10.1. The van der Waals surface area contributed by atoms with Gasteiger partial charge in [-0.15, -0.1) is 0 Å². The molecular weight excluding hydrogens is 460 g/mol. The molecule has 0 saturated carbocycles. The van der Waals surface area contributed by atoms with E-state index in [0.717, 1.165) is 21.4 Å². The van der Waals surface area contributed by atoms with Gasteiger partial charge in [-0.3, -0.25) is 0 Å². The second-order valence-corrected chi connectivity index (χ2v) is 10.2. The van der Waals surface area contributed by atoms with Crippen molar-refractivity contribution in [1.29, 1.82) is 0 Å². The van der Waals surface area contributed by atoms with Crippen LogP contribution in [0, 0.1) is 0 Å². The van der Waals surface area contributed by atoms with Gasteiger partial charge in [0.05, 0.1) is 10.6 Å². The molecule has 3 aromatic carbocycles. The lowest BCUT2D eigenvalue weighted by atomic mass is 9.86. The highest BCUT2D eigenvalue weighted by Crippen LogP contribution is 2.33. The minimum absolute atomic E-state index is 0.164. The molecule has 1 N–H and O–H groups in total. The van der Waals surface area contributed by atoms with Gasteiger partial charge in [-0.1, -0.05) is 66.2 Å². The van der Waals surface area contributed by atoms with Gasteiger partial charge in [-0.2, -0.15) is 9.78 Å². The van der Waals surface area contributed by atoms with Crippen LogP contribution in [-0.4, -0.2) is 35.7 Å². The number of aromatic nitrogens is 2. The summed E-state index contributed by atoms with van der Waals surface area (Å²) in [5.74, 6) is -0.164. The molecule has 1 unspecified atom stereocenters. The summed E-state index contributed by atoms with van der Waals surface area (Å²) < 4.78 is 24.7. The van der Waals surface area contributed by atoms with E-state index in [2.05, 4.69) is 5.10 Å². The first-order chi connectivity index (χ1) is 15.7. The maximum atomic E-state index is 11.9. The maximum Gasteiger partial charge on any atom is 0.432 e. The van der Waals surface area contributed by atoms with Crippen molar-refractivity contribution in [2.75, 3.05) is 6.26 Å². The normalized spacial score (nSPS) is 12.4. The Bertz CT molecular complexity index is 1380. The van der Waals surface area contributed by atoms with Crippen LogP contribution in [0.15, 0.2) is 90.0 Å². The summed E-state index contributed by atoms with van der Waals surface area (Å²) in [6.45, 7) is 0. The number of hydrogen-bond donors (Lipinski definition) is 1. The van der Waals surface area contributed by atoms with E-state index >= 15 is 0 Å². The Morgan fingerprint density at radius 2 is 1.58 bits per heavy atom. The molecule has 0 saturated heterocycles. The molecule has 0 aliphatic heterocycles. The molecule has 4 aromatic rings. The van der Waals surface area contributed by atoms with E-state index in [9.17, 15) is 18.3 Å². The number of hydrogen-bond acceptors (Lipinski definition) is 4. The lowest BCUT2D eigenvalue weighted by molar-refractivity contribution is 0.192. The van der Waals surface area contributed by atoms with Crippen LogP contribution in [0.4, 0.5) is 4.79 Å². The van der Waals surface area contributed by atoms with Crippen molar-refractivity contribution in [3.63, 3.8) is 0 Å². The van der Waals surface area contributed by atoms with E-state index in [4.69, 9.17) is 11.6 Å². The second-order valence-electron chi connectivity index (χ2n) is 7.73. The summed E-state index contributed by atoms with van der Waals surface area (Å²) in [5.41, 5.74) is 4.03. The standard InChI is InChI=1S/C25H21ClN2O4S/c1-33(31,32)21-13-9-18(10-14-21)22(17-5-3-2-4-6-17)15-24-23(16-28(27-24)25(29)30)19-7-11-20(26)12-8-19/h2-14,16,22H,15H2,1H3,(H,29,30). The molecule has 0 aliphatic rings. The van der Waals surface area contributed by atoms with Crippen molar-refractivity contribution in [3.05, 3.63) is 107 Å². The van der Waals surface area contributed by atoms with Gasteiger partial charge in [-0.25, -0.2) is 13.2 Å². The van der Waals surface area contributed by atoms with Gasteiger partial charge in [0.1, 0.15) is 0 Å².